The second kappa shape index (κ2) is 10.6. The zero-order valence-electron chi connectivity index (χ0n) is 19.9. The maximum Gasteiger partial charge on any atom is 0.325 e. The SMILES string of the molecule is C/C=C(\C)CN1CCC(C2(Cc3ccc(F)cc3)NC(=O)N(CCCN(C)C)C2=O)CC1. The molecule has 0 bridgehead atoms. The molecule has 32 heavy (non-hydrogen) atoms. The molecule has 2 saturated heterocycles. The number of imide groups is 1. The highest BCUT2D eigenvalue weighted by atomic mass is 19.1. The van der Waals surface area contributed by atoms with E-state index in [1.165, 1.54) is 22.6 Å². The summed E-state index contributed by atoms with van der Waals surface area (Å²) in [6.45, 7) is 8.13. The van der Waals surface area contributed by atoms with Gasteiger partial charge in [-0.2, -0.15) is 0 Å². The standard InChI is InChI=1S/C25H37FN4O2/c1-5-19(2)18-29-15-11-21(12-16-29)25(17-20-7-9-22(26)10-8-20)23(31)30(24(32)27-25)14-6-13-28(3)4/h5,7-10,21H,6,11-18H2,1-4H3,(H,27,32)/b19-5+. The number of allylic oxidation sites excluding steroid dienone is 1. The Kier molecular flexibility index (Phi) is 8.06. The zero-order chi connectivity index (χ0) is 23.3. The first-order valence-electron chi connectivity index (χ1n) is 11.6. The summed E-state index contributed by atoms with van der Waals surface area (Å²) >= 11 is 0. The number of urea groups is 1. The van der Waals surface area contributed by atoms with Gasteiger partial charge in [-0.15, -0.1) is 0 Å². The first-order valence-corrected chi connectivity index (χ1v) is 11.6. The van der Waals surface area contributed by atoms with Gasteiger partial charge in [0.15, 0.2) is 0 Å². The third-order valence-electron chi connectivity index (χ3n) is 6.84. The molecule has 0 aliphatic carbocycles. The van der Waals surface area contributed by atoms with Gasteiger partial charge in [0.25, 0.3) is 5.91 Å². The van der Waals surface area contributed by atoms with Gasteiger partial charge < -0.3 is 10.2 Å². The summed E-state index contributed by atoms with van der Waals surface area (Å²) in [5.41, 5.74) is 1.23. The van der Waals surface area contributed by atoms with Crippen LogP contribution in [0.25, 0.3) is 0 Å². The molecule has 7 heteroatoms. The number of carbonyl (C=O) groups is 2. The lowest BCUT2D eigenvalue weighted by Gasteiger charge is -2.41. The fourth-order valence-corrected chi connectivity index (χ4v) is 4.89. The number of nitrogens with one attached hydrogen (secondary N) is 1. The third-order valence-corrected chi connectivity index (χ3v) is 6.84. The van der Waals surface area contributed by atoms with E-state index in [0.29, 0.717) is 13.0 Å². The molecule has 0 saturated carbocycles. The zero-order valence-corrected chi connectivity index (χ0v) is 19.9. The molecule has 6 nitrogen and oxygen atoms in total. The largest absolute Gasteiger partial charge is 0.325 e. The number of rotatable bonds is 9. The lowest BCUT2D eigenvalue weighted by atomic mass is 9.74. The topological polar surface area (TPSA) is 55.9 Å². The molecule has 0 radical (unpaired) electrons. The van der Waals surface area contributed by atoms with Gasteiger partial charge >= 0.3 is 6.03 Å². The van der Waals surface area contributed by atoms with Gasteiger partial charge in [-0.3, -0.25) is 14.6 Å². The summed E-state index contributed by atoms with van der Waals surface area (Å²) in [6, 6.07) is 5.97. The highest BCUT2D eigenvalue weighted by Gasteiger charge is 2.55. The van der Waals surface area contributed by atoms with Crippen LogP contribution in [0.1, 0.15) is 38.7 Å². The number of piperidine rings is 1. The van der Waals surface area contributed by atoms with Crippen molar-refractivity contribution in [1.82, 2.24) is 20.0 Å². The molecule has 0 spiro atoms. The Labute approximate surface area is 191 Å². The van der Waals surface area contributed by atoms with Crippen molar-refractivity contribution in [1.29, 1.82) is 0 Å². The van der Waals surface area contributed by atoms with E-state index < -0.39 is 5.54 Å². The van der Waals surface area contributed by atoms with Gasteiger partial charge in [0, 0.05) is 19.5 Å². The molecule has 2 aliphatic rings. The first-order chi connectivity index (χ1) is 15.2. The Balaban J connectivity index is 1.80. The molecule has 1 atom stereocenters. The van der Waals surface area contributed by atoms with Crippen molar-refractivity contribution in [2.75, 3.05) is 46.8 Å². The normalized spacial score (nSPS) is 23.3. The van der Waals surface area contributed by atoms with Gasteiger partial charge in [0.05, 0.1) is 0 Å². The van der Waals surface area contributed by atoms with Crippen LogP contribution in [0, 0.1) is 11.7 Å². The maximum absolute atomic E-state index is 13.7. The monoisotopic (exact) mass is 444 g/mol. The van der Waals surface area contributed by atoms with Crippen LogP contribution < -0.4 is 5.32 Å². The first kappa shape index (κ1) is 24.4. The minimum absolute atomic E-state index is 0.0463. The van der Waals surface area contributed by atoms with Crippen LogP contribution in [-0.4, -0.2) is 79.0 Å². The van der Waals surface area contributed by atoms with Crippen LogP contribution in [0.15, 0.2) is 35.9 Å². The Morgan fingerprint density at radius 1 is 1.22 bits per heavy atom. The predicted molar refractivity (Wildman–Crippen MR) is 125 cm³/mol. The Morgan fingerprint density at radius 3 is 2.47 bits per heavy atom. The molecule has 1 aromatic rings. The van der Waals surface area contributed by atoms with Crippen LogP contribution >= 0.6 is 0 Å². The van der Waals surface area contributed by atoms with E-state index in [1.54, 1.807) is 12.1 Å². The van der Waals surface area contributed by atoms with E-state index in [1.807, 2.05) is 19.0 Å². The quantitative estimate of drug-likeness (QED) is 0.469. The number of benzene rings is 1. The maximum atomic E-state index is 13.7. The van der Waals surface area contributed by atoms with Crippen molar-refractivity contribution >= 4 is 11.9 Å². The second-order valence-corrected chi connectivity index (χ2v) is 9.50. The predicted octanol–water partition coefficient (Wildman–Crippen LogP) is 3.29. The number of halogens is 1. The second-order valence-electron chi connectivity index (χ2n) is 9.50. The third kappa shape index (κ3) is 5.56. The molecule has 176 valence electrons. The van der Waals surface area contributed by atoms with Crippen molar-refractivity contribution < 1.29 is 14.0 Å². The highest BCUT2D eigenvalue weighted by Crippen LogP contribution is 2.36. The van der Waals surface area contributed by atoms with Crippen molar-refractivity contribution in [3.63, 3.8) is 0 Å². The Morgan fingerprint density at radius 2 is 1.88 bits per heavy atom. The van der Waals surface area contributed by atoms with Gasteiger partial charge in [-0.05, 0) is 90.5 Å². The van der Waals surface area contributed by atoms with Crippen molar-refractivity contribution in [2.24, 2.45) is 5.92 Å². The molecule has 1 aromatic carbocycles. The van der Waals surface area contributed by atoms with Crippen LogP contribution in [0.2, 0.25) is 0 Å². The molecule has 2 heterocycles. The molecule has 1 N–H and O–H groups in total. The lowest BCUT2D eigenvalue weighted by Crippen LogP contribution is -2.57. The fourth-order valence-electron chi connectivity index (χ4n) is 4.89. The molecular weight excluding hydrogens is 407 g/mol. The van der Waals surface area contributed by atoms with Crippen molar-refractivity contribution in [2.45, 2.75) is 45.1 Å². The smallest absolute Gasteiger partial charge is 0.322 e. The number of hydrogen-bond donors (Lipinski definition) is 1. The number of carbonyl (C=O) groups excluding carboxylic acids is 2. The van der Waals surface area contributed by atoms with Crippen LogP contribution in [-0.2, 0) is 11.2 Å². The van der Waals surface area contributed by atoms with Gasteiger partial charge in [0.1, 0.15) is 11.4 Å². The number of nitrogens with zero attached hydrogens (tertiary/aromatic N) is 3. The summed E-state index contributed by atoms with van der Waals surface area (Å²) in [5.74, 6) is -0.388. The molecule has 2 aliphatic heterocycles. The lowest BCUT2D eigenvalue weighted by molar-refractivity contribution is -0.134. The van der Waals surface area contributed by atoms with E-state index in [9.17, 15) is 14.0 Å². The minimum atomic E-state index is -0.964. The van der Waals surface area contributed by atoms with Crippen molar-refractivity contribution in [3.8, 4) is 0 Å². The molecule has 1 unspecified atom stereocenters. The van der Waals surface area contributed by atoms with Crippen LogP contribution in [0.3, 0.4) is 0 Å². The Hall–Kier alpha value is -2.25. The van der Waals surface area contributed by atoms with Gasteiger partial charge in [-0.1, -0.05) is 23.8 Å². The summed E-state index contributed by atoms with van der Waals surface area (Å²) in [7, 11) is 3.96. The van der Waals surface area contributed by atoms with E-state index in [2.05, 4.69) is 30.1 Å². The van der Waals surface area contributed by atoms with Crippen molar-refractivity contribution in [3.05, 3.63) is 47.3 Å². The average molecular weight is 445 g/mol. The summed E-state index contributed by atoms with van der Waals surface area (Å²) < 4.78 is 13.5. The van der Waals surface area contributed by atoms with E-state index >= 15 is 0 Å². The average Bonchev–Trinajstić information content (AvgIpc) is 3.00. The van der Waals surface area contributed by atoms with Crippen LogP contribution in [0.4, 0.5) is 9.18 Å². The van der Waals surface area contributed by atoms with Gasteiger partial charge in [-0.25, -0.2) is 9.18 Å². The minimum Gasteiger partial charge on any atom is -0.322 e. The number of likely N-dealkylation sites (tertiary alicyclic amines) is 1. The van der Waals surface area contributed by atoms with E-state index in [-0.39, 0.29) is 23.7 Å². The molecular formula is C25H37FN4O2. The Bertz CT molecular complexity index is 831. The van der Waals surface area contributed by atoms with Crippen LogP contribution in [0.5, 0.6) is 0 Å². The molecule has 3 amide bonds. The molecule has 3 rings (SSSR count). The van der Waals surface area contributed by atoms with E-state index in [0.717, 1.165) is 51.0 Å². The molecule has 2 fully saturated rings. The molecule has 0 aromatic heterocycles. The van der Waals surface area contributed by atoms with Gasteiger partial charge in [0.2, 0.25) is 0 Å². The number of hydrogen-bond acceptors (Lipinski definition) is 4. The fraction of sp³-hybridized carbons (Fsp3) is 0.600. The highest BCUT2D eigenvalue weighted by molar-refractivity contribution is 6.07. The summed E-state index contributed by atoms with van der Waals surface area (Å²) in [6.07, 6.45) is 4.94. The summed E-state index contributed by atoms with van der Waals surface area (Å²) in [5, 5.41) is 3.11. The number of amides is 3. The van der Waals surface area contributed by atoms with E-state index in [4.69, 9.17) is 0 Å². The summed E-state index contributed by atoms with van der Waals surface area (Å²) in [4.78, 5) is 32.5.